The second-order valence-electron chi connectivity index (χ2n) is 9.44. The highest BCUT2D eigenvalue weighted by atomic mass is 19.3. The molecule has 0 bridgehead atoms. The highest BCUT2D eigenvalue weighted by Crippen LogP contribution is 2.53. The Morgan fingerprint density at radius 3 is 2.37 bits per heavy atom. The molecule has 1 unspecified atom stereocenters. The number of halogens is 2. The zero-order valence-corrected chi connectivity index (χ0v) is 17.7. The van der Waals surface area contributed by atoms with Crippen LogP contribution in [0.2, 0.25) is 0 Å². The standard InChI is InChI=1S/C24H32F2N2O2/c1-24(25,26)16-7-6-8-17(13-16)27-22(30)12-11-21(29)23-19-14-28(15-20(19)23)18-9-4-2-3-5-10-18/h6-8,13,18-20,23H,2-5,9-12,14-15H2,1H3,(H,27,30)/t19-,20+,23?. The van der Waals surface area contributed by atoms with Crippen molar-refractivity contribution in [1.29, 1.82) is 0 Å². The number of likely N-dealkylation sites (tertiary alicyclic amines) is 1. The normalized spacial score (nSPS) is 27.4. The van der Waals surface area contributed by atoms with Gasteiger partial charge in [0.1, 0.15) is 5.78 Å². The van der Waals surface area contributed by atoms with Crippen molar-refractivity contribution in [3.05, 3.63) is 29.8 Å². The minimum Gasteiger partial charge on any atom is -0.326 e. The maximum absolute atomic E-state index is 13.4. The van der Waals surface area contributed by atoms with E-state index in [-0.39, 0.29) is 36.0 Å². The molecule has 0 radical (unpaired) electrons. The summed E-state index contributed by atoms with van der Waals surface area (Å²) in [6.45, 7) is 2.90. The Labute approximate surface area is 177 Å². The summed E-state index contributed by atoms with van der Waals surface area (Å²) in [4.78, 5) is 27.4. The number of hydrogen-bond acceptors (Lipinski definition) is 3. The quantitative estimate of drug-likeness (QED) is 0.635. The lowest BCUT2D eigenvalue weighted by molar-refractivity contribution is -0.124. The first-order valence-corrected chi connectivity index (χ1v) is 11.4. The lowest BCUT2D eigenvalue weighted by Crippen LogP contribution is -2.36. The minimum absolute atomic E-state index is 0.105. The third-order valence-corrected chi connectivity index (χ3v) is 7.19. The number of hydrogen-bond donors (Lipinski definition) is 1. The van der Waals surface area contributed by atoms with Gasteiger partial charge >= 0.3 is 0 Å². The Morgan fingerprint density at radius 1 is 1.07 bits per heavy atom. The smallest absolute Gasteiger partial charge is 0.270 e. The highest BCUT2D eigenvalue weighted by molar-refractivity contribution is 5.94. The third-order valence-electron chi connectivity index (χ3n) is 7.19. The predicted molar refractivity (Wildman–Crippen MR) is 112 cm³/mol. The van der Waals surface area contributed by atoms with Crippen molar-refractivity contribution in [3.63, 3.8) is 0 Å². The van der Waals surface area contributed by atoms with Crippen LogP contribution in [0, 0.1) is 17.8 Å². The van der Waals surface area contributed by atoms with E-state index < -0.39 is 5.92 Å². The molecule has 2 saturated carbocycles. The molecule has 4 rings (SSSR count). The van der Waals surface area contributed by atoms with E-state index in [1.165, 1.54) is 56.7 Å². The van der Waals surface area contributed by atoms with Crippen molar-refractivity contribution in [2.45, 2.75) is 70.3 Å². The molecule has 0 spiro atoms. The van der Waals surface area contributed by atoms with Crippen LogP contribution < -0.4 is 5.32 Å². The number of fused-ring (bicyclic) bond motifs is 1. The summed E-state index contributed by atoms with van der Waals surface area (Å²) in [6.07, 6.45) is 8.29. The van der Waals surface area contributed by atoms with Crippen molar-refractivity contribution < 1.29 is 18.4 Å². The Kier molecular flexibility index (Phi) is 6.24. The molecule has 1 heterocycles. The number of benzene rings is 1. The zero-order chi connectivity index (χ0) is 21.3. The molecule has 1 N–H and O–H groups in total. The van der Waals surface area contributed by atoms with Crippen molar-refractivity contribution in [1.82, 2.24) is 4.90 Å². The van der Waals surface area contributed by atoms with Gasteiger partial charge in [-0.3, -0.25) is 14.5 Å². The molecule has 1 saturated heterocycles. The van der Waals surface area contributed by atoms with E-state index in [2.05, 4.69) is 10.2 Å². The maximum Gasteiger partial charge on any atom is 0.270 e. The molecule has 4 nitrogen and oxygen atoms in total. The molecule has 6 heteroatoms. The fraction of sp³-hybridized carbons (Fsp3) is 0.667. The number of anilines is 1. The van der Waals surface area contributed by atoms with Crippen LogP contribution in [-0.2, 0) is 15.5 Å². The second kappa shape index (κ2) is 8.74. The van der Waals surface area contributed by atoms with Crippen molar-refractivity contribution in [3.8, 4) is 0 Å². The molecule has 164 valence electrons. The molecule has 30 heavy (non-hydrogen) atoms. The van der Waals surface area contributed by atoms with Crippen molar-refractivity contribution >= 4 is 17.4 Å². The maximum atomic E-state index is 13.4. The number of piperidine rings is 1. The van der Waals surface area contributed by atoms with E-state index >= 15 is 0 Å². The van der Waals surface area contributed by atoms with Crippen LogP contribution in [-0.4, -0.2) is 35.7 Å². The summed E-state index contributed by atoms with van der Waals surface area (Å²) >= 11 is 0. The molecule has 0 aromatic heterocycles. The Morgan fingerprint density at radius 2 is 1.73 bits per heavy atom. The molecule has 1 aliphatic heterocycles. The average molecular weight is 419 g/mol. The fourth-order valence-electron chi connectivity index (χ4n) is 5.45. The van der Waals surface area contributed by atoms with E-state index in [0.717, 1.165) is 20.0 Å². The minimum atomic E-state index is -2.95. The average Bonchev–Trinajstić information content (AvgIpc) is 3.33. The summed E-state index contributed by atoms with van der Waals surface area (Å²) in [5, 5.41) is 2.64. The molecular weight excluding hydrogens is 386 g/mol. The highest BCUT2D eigenvalue weighted by Gasteiger charge is 2.59. The van der Waals surface area contributed by atoms with Gasteiger partial charge in [0.05, 0.1) is 0 Å². The van der Waals surface area contributed by atoms with Crippen LogP contribution in [0.15, 0.2) is 24.3 Å². The molecule has 1 aromatic rings. The van der Waals surface area contributed by atoms with Gasteiger partial charge in [0.15, 0.2) is 0 Å². The molecule has 3 atom stereocenters. The van der Waals surface area contributed by atoms with Gasteiger partial charge < -0.3 is 5.32 Å². The first-order valence-electron chi connectivity index (χ1n) is 11.4. The van der Waals surface area contributed by atoms with Crippen LogP contribution in [0.3, 0.4) is 0 Å². The van der Waals surface area contributed by atoms with E-state index in [9.17, 15) is 18.4 Å². The van der Waals surface area contributed by atoms with Crippen LogP contribution in [0.5, 0.6) is 0 Å². The van der Waals surface area contributed by atoms with Crippen molar-refractivity contribution in [2.24, 2.45) is 17.8 Å². The predicted octanol–water partition coefficient (Wildman–Crippen LogP) is 4.99. The van der Waals surface area contributed by atoms with Gasteiger partial charge in [-0.25, -0.2) is 8.78 Å². The number of amides is 1. The summed E-state index contributed by atoms with van der Waals surface area (Å²) in [5.41, 5.74) is 0.203. The Hall–Kier alpha value is -1.82. The number of Topliss-reactive ketones (excluding diaryl/α,β-unsaturated/α-hetero) is 1. The monoisotopic (exact) mass is 418 g/mol. The largest absolute Gasteiger partial charge is 0.326 e. The first-order chi connectivity index (χ1) is 14.3. The topological polar surface area (TPSA) is 49.4 Å². The number of rotatable bonds is 7. The third kappa shape index (κ3) is 4.90. The zero-order valence-electron chi connectivity index (χ0n) is 17.7. The lowest BCUT2D eigenvalue weighted by Gasteiger charge is -2.28. The summed E-state index contributed by atoms with van der Waals surface area (Å²) in [5.74, 6) is -1.98. The van der Waals surface area contributed by atoms with Gasteiger partial charge in [-0.2, -0.15) is 0 Å². The number of nitrogens with one attached hydrogen (secondary N) is 1. The molecule has 3 aliphatic rings. The summed E-state index contributed by atoms with van der Waals surface area (Å²) in [6, 6.07) is 6.41. The summed E-state index contributed by atoms with van der Waals surface area (Å²) < 4.78 is 26.9. The van der Waals surface area contributed by atoms with Crippen molar-refractivity contribution in [2.75, 3.05) is 18.4 Å². The van der Waals surface area contributed by atoms with Gasteiger partial charge in [0.2, 0.25) is 5.91 Å². The SMILES string of the molecule is CC(F)(F)c1cccc(NC(=O)CCC(=O)C2[C@H]3CN(C4CCCCCC4)C[C@@H]23)c1. The van der Waals surface area contributed by atoms with E-state index in [4.69, 9.17) is 0 Å². The molecular formula is C24H32F2N2O2. The van der Waals surface area contributed by atoms with E-state index in [0.29, 0.717) is 23.6 Å². The molecule has 1 aromatic carbocycles. The number of carbonyl (C=O) groups is 2. The van der Waals surface area contributed by atoms with Gasteiger partial charge in [0, 0.05) is 56.1 Å². The van der Waals surface area contributed by atoms with Gasteiger partial charge in [0.25, 0.3) is 5.92 Å². The van der Waals surface area contributed by atoms with E-state index in [1.54, 1.807) is 6.07 Å². The number of carbonyl (C=O) groups excluding carboxylic acids is 2. The summed E-state index contributed by atoms with van der Waals surface area (Å²) in [7, 11) is 0. The first kappa shape index (κ1) is 21.4. The lowest BCUT2D eigenvalue weighted by atomic mass is 10.0. The number of ketones is 1. The van der Waals surface area contributed by atoms with Gasteiger partial charge in [-0.05, 0) is 36.8 Å². The number of nitrogens with zero attached hydrogens (tertiary/aromatic N) is 1. The molecule has 3 fully saturated rings. The second-order valence-corrected chi connectivity index (χ2v) is 9.44. The Balaban J connectivity index is 1.20. The van der Waals surface area contributed by atoms with Gasteiger partial charge in [-0.1, -0.05) is 37.8 Å². The number of alkyl halides is 2. The van der Waals surface area contributed by atoms with Crippen LogP contribution >= 0.6 is 0 Å². The van der Waals surface area contributed by atoms with Crippen LogP contribution in [0.4, 0.5) is 14.5 Å². The molecule has 2 aliphatic carbocycles. The molecule has 1 amide bonds. The van der Waals surface area contributed by atoms with Crippen LogP contribution in [0.25, 0.3) is 0 Å². The van der Waals surface area contributed by atoms with Crippen LogP contribution in [0.1, 0.15) is 63.9 Å². The van der Waals surface area contributed by atoms with E-state index in [1.807, 2.05) is 0 Å². The fourth-order valence-corrected chi connectivity index (χ4v) is 5.45. The van der Waals surface area contributed by atoms with Gasteiger partial charge in [-0.15, -0.1) is 0 Å². The Bertz CT molecular complexity index is 772.